The van der Waals surface area contributed by atoms with E-state index in [2.05, 4.69) is 0 Å². The quantitative estimate of drug-likeness (QED) is 0.830. The summed E-state index contributed by atoms with van der Waals surface area (Å²) in [5.41, 5.74) is 0. The molecule has 2 aromatic carbocycles. The Morgan fingerprint density at radius 2 is 1.50 bits per heavy atom. The molecule has 0 aliphatic heterocycles. The normalized spacial score (nSPS) is 10.1. The van der Waals surface area contributed by atoms with Gasteiger partial charge in [-0.05, 0) is 65.1 Å². The second-order valence-electron chi connectivity index (χ2n) is 3.21. The Hall–Kier alpha value is -1.43. The molecule has 4 heteroatoms. The molecule has 0 amide bonds. The third-order valence-electron chi connectivity index (χ3n) is 1.99. The SMILES string of the molecule is Oc1ccc(Oc2ccc(O)c(I)c2)cc1. The average Bonchev–Trinajstić information content (AvgIpc) is 2.27. The van der Waals surface area contributed by atoms with Crippen molar-refractivity contribution in [3.05, 3.63) is 46.0 Å². The highest BCUT2D eigenvalue weighted by Crippen LogP contribution is 2.28. The molecule has 0 heterocycles. The van der Waals surface area contributed by atoms with E-state index in [0.717, 1.165) is 3.57 Å². The minimum Gasteiger partial charge on any atom is -0.508 e. The maximum atomic E-state index is 9.35. The van der Waals surface area contributed by atoms with Gasteiger partial charge in [0.05, 0.1) is 3.57 Å². The average molecular weight is 328 g/mol. The van der Waals surface area contributed by atoms with Crippen LogP contribution in [-0.4, -0.2) is 10.2 Å². The van der Waals surface area contributed by atoms with Crippen LogP contribution >= 0.6 is 22.6 Å². The van der Waals surface area contributed by atoms with Crippen molar-refractivity contribution in [2.45, 2.75) is 0 Å². The van der Waals surface area contributed by atoms with E-state index in [9.17, 15) is 5.11 Å². The second kappa shape index (κ2) is 4.61. The lowest BCUT2D eigenvalue weighted by Gasteiger charge is -2.06. The van der Waals surface area contributed by atoms with Crippen LogP contribution in [0.1, 0.15) is 0 Å². The molecule has 0 atom stereocenters. The van der Waals surface area contributed by atoms with Crippen LogP contribution in [0.2, 0.25) is 0 Å². The summed E-state index contributed by atoms with van der Waals surface area (Å²) < 4.78 is 6.27. The zero-order chi connectivity index (χ0) is 11.5. The highest BCUT2D eigenvalue weighted by molar-refractivity contribution is 14.1. The van der Waals surface area contributed by atoms with Gasteiger partial charge in [-0.3, -0.25) is 0 Å². The van der Waals surface area contributed by atoms with Gasteiger partial charge in [0.25, 0.3) is 0 Å². The monoisotopic (exact) mass is 328 g/mol. The van der Waals surface area contributed by atoms with Crippen molar-refractivity contribution in [2.24, 2.45) is 0 Å². The summed E-state index contributed by atoms with van der Waals surface area (Å²) in [5.74, 6) is 1.72. The van der Waals surface area contributed by atoms with Gasteiger partial charge in [-0.2, -0.15) is 0 Å². The Bertz CT molecular complexity index is 494. The van der Waals surface area contributed by atoms with Gasteiger partial charge in [0.2, 0.25) is 0 Å². The first-order chi connectivity index (χ1) is 7.65. The zero-order valence-corrected chi connectivity index (χ0v) is 10.4. The Labute approximate surface area is 106 Å². The van der Waals surface area contributed by atoms with Crippen LogP contribution in [0.3, 0.4) is 0 Å². The maximum absolute atomic E-state index is 9.35. The molecule has 0 unspecified atom stereocenters. The number of ether oxygens (including phenoxy) is 1. The summed E-state index contributed by atoms with van der Waals surface area (Å²) in [6, 6.07) is 11.5. The summed E-state index contributed by atoms with van der Waals surface area (Å²) in [4.78, 5) is 0. The molecule has 0 spiro atoms. The smallest absolute Gasteiger partial charge is 0.129 e. The van der Waals surface area contributed by atoms with Crippen molar-refractivity contribution >= 4 is 22.6 Å². The van der Waals surface area contributed by atoms with Crippen LogP contribution in [0.25, 0.3) is 0 Å². The lowest BCUT2D eigenvalue weighted by atomic mass is 10.3. The number of halogens is 1. The fourth-order valence-corrected chi connectivity index (χ4v) is 1.69. The van der Waals surface area contributed by atoms with Crippen LogP contribution in [0.5, 0.6) is 23.0 Å². The zero-order valence-electron chi connectivity index (χ0n) is 8.22. The van der Waals surface area contributed by atoms with Gasteiger partial charge in [-0.15, -0.1) is 0 Å². The number of aromatic hydroxyl groups is 2. The Morgan fingerprint density at radius 1 is 0.875 bits per heavy atom. The molecule has 0 fully saturated rings. The van der Waals surface area contributed by atoms with E-state index >= 15 is 0 Å². The van der Waals surface area contributed by atoms with E-state index < -0.39 is 0 Å². The van der Waals surface area contributed by atoms with Crippen molar-refractivity contribution < 1.29 is 14.9 Å². The molecule has 0 aromatic heterocycles. The summed E-state index contributed by atoms with van der Waals surface area (Å²) in [5, 5.41) is 18.5. The van der Waals surface area contributed by atoms with E-state index in [1.807, 2.05) is 22.6 Å². The summed E-state index contributed by atoms with van der Waals surface area (Å²) in [7, 11) is 0. The van der Waals surface area contributed by atoms with Crippen molar-refractivity contribution in [2.75, 3.05) is 0 Å². The fourth-order valence-electron chi connectivity index (χ4n) is 1.20. The molecule has 0 aliphatic carbocycles. The van der Waals surface area contributed by atoms with Gasteiger partial charge < -0.3 is 14.9 Å². The largest absolute Gasteiger partial charge is 0.508 e. The standard InChI is InChI=1S/C12H9IO3/c13-11-7-10(5-6-12(11)15)16-9-3-1-8(14)2-4-9/h1-7,14-15H. The Balaban J connectivity index is 2.20. The molecule has 0 saturated heterocycles. The van der Waals surface area contributed by atoms with Crippen LogP contribution in [0.4, 0.5) is 0 Å². The van der Waals surface area contributed by atoms with Gasteiger partial charge >= 0.3 is 0 Å². The van der Waals surface area contributed by atoms with Crippen LogP contribution < -0.4 is 4.74 Å². The molecule has 3 nitrogen and oxygen atoms in total. The van der Waals surface area contributed by atoms with Crippen LogP contribution in [0, 0.1) is 3.57 Å². The Morgan fingerprint density at radius 3 is 2.12 bits per heavy atom. The molecule has 82 valence electrons. The molecule has 0 radical (unpaired) electrons. The predicted molar refractivity (Wildman–Crippen MR) is 69.0 cm³/mol. The minimum atomic E-state index is 0.202. The molecule has 0 bridgehead atoms. The number of hydrogen-bond acceptors (Lipinski definition) is 3. The molecular weight excluding hydrogens is 319 g/mol. The molecule has 2 rings (SSSR count). The first kappa shape index (κ1) is 11.1. The highest BCUT2D eigenvalue weighted by atomic mass is 127. The van der Waals surface area contributed by atoms with E-state index in [-0.39, 0.29) is 11.5 Å². The van der Waals surface area contributed by atoms with Crippen molar-refractivity contribution in [3.63, 3.8) is 0 Å². The first-order valence-corrected chi connectivity index (χ1v) is 5.68. The summed E-state index contributed by atoms with van der Waals surface area (Å²) >= 11 is 2.03. The van der Waals surface area contributed by atoms with Gasteiger partial charge in [0, 0.05) is 0 Å². The second-order valence-corrected chi connectivity index (χ2v) is 4.37. The number of phenols is 2. The van der Waals surface area contributed by atoms with E-state index in [4.69, 9.17) is 9.84 Å². The Kier molecular flexibility index (Phi) is 3.19. The van der Waals surface area contributed by atoms with Crippen LogP contribution in [-0.2, 0) is 0 Å². The molecule has 0 aliphatic rings. The van der Waals surface area contributed by atoms with E-state index in [1.54, 1.807) is 42.5 Å². The fraction of sp³-hybridized carbons (Fsp3) is 0. The first-order valence-electron chi connectivity index (χ1n) is 4.60. The third-order valence-corrected chi connectivity index (χ3v) is 2.86. The number of phenolic OH excluding ortho intramolecular Hbond substituents is 2. The van der Waals surface area contributed by atoms with E-state index in [1.165, 1.54) is 0 Å². The van der Waals surface area contributed by atoms with Gasteiger partial charge in [0.15, 0.2) is 0 Å². The van der Waals surface area contributed by atoms with Gasteiger partial charge in [-0.1, -0.05) is 0 Å². The van der Waals surface area contributed by atoms with Crippen LogP contribution in [0.15, 0.2) is 42.5 Å². The van der Waals surface area contributed by atoms with Gasteiger partial charge in [-0.25, -0.2) is 0 Å². The summed E-state index contributed by atoms with van der Waals surface area (Å²) in [6.07, 6.45) is 0. The predicted octanol–water partition coefficient (Wildman–Crippen LogP) is 3.49. The summed E-state index contributed by atoms with van der Waals surface area (Å²) in [6.45, 7) is 0. The molecule has 2 N–H and O–H groups in total. The van der Waals surface area contributed by atoms with E-state index in [0.29, 0.717) is 11.5 Å². The van der Waals surface area contributed by atoms with Gasteiger partial charge in [0.1, 0.15) is 23.0 Å². The minimum absolute atomic E-state index is 0.202. The number of rotatable bonds is 2. The van der Waals surface area contributed by atoms with Crippen molar-refractivity contribution in [1.82, 2.24) is 0 Å². The molecule has 2 aromatic rings. The maximum Gasteiger partial charge on any atom is 0.129 e. The van der Waals surface area contributed by atoms with Crippen molar-refractivity contribution in [3.8, 4) is 23.0 Å². The number of benzene rings is 2. The third kappa shape index (κ3) is 2.57. The topological polar surface area (TPSA) is 49.7 Å². The number of hydrogen-bond donors (Lipinski definition) is 2. The molecular formula is C12H9IO3. The molecule has 16 heavy (non-hydrogen) atoms. The lowest BCUT2D eigenvalue weighted by Crippen LogP contribution is -1.84. The highest BCUT2D eigenvalue weighted by Gasteiger charge is 2.01. The lowest BCUT2D eigenvalue weighted by molar-refractivity contribution is 0.457. The van der Waals surface area contributed by atoms with Crippen molar-refractivity contribution in [1.29, 1.82) is 0 Å². The molecule has 0 saturated carbocycles.